The molecule has 11 heteroatoms. The fraction of sp³-hybridized carbons (Fsp3) is 0.500. The van der Waals surface area contributed by atoms with Gasteiger partial charge in [-0.3, -0.25) is 14.6 Å². The van der Waals surface area contributed by atoms with Gasteiger partial charge >= 0.3 is 18.0 Å². The van der Waals surface area contributed by atoms with Gasteiger partial charge in [0.1, 0.15) is 0 Å². The van der Waals surface area contributed by atoms with Crippen LogP contribution in [0.4, 0.5) is 18.9 Å². The van der Waals surface area contributed by atoms with E-state index in [1.54, 1.807) is 16.2 Å². The molecule has 0 saturated carbocycles. The lowest BCUT2D eigenvalue weighted by atomic mass is 9.89. The van der Waals surface area contributed by atoms with E-state index < -0.39 is 23.6 Å². The number of rotatable bonds is 3. The number of hydrogen-bond acceptors (Lipinski definition) is 6. The molecule has 2 aliphatic rings. The number of halogens is 3. The van der Waals surface area contributed by atoms with Crippen molar-refractivity contribution >= 4 is 39.1 Å². The highest BCUT2D eigenvalue weighted by Crippen LogP contribution is 2.38. The number of pyridine rings is 1. The molecule has 2 atom stereocenters. The van der Waals surface area contributed by atoms with Gasteiger partial charge in [0.25, 0.3) is 0 Å². The Morgan fingerprint density at radius 1 is 1.10 bits per heavy atom. The Labute approximate surface area is 229 Å². The van der Waals surface area contributed by atoms with Crippen molar-refractivity contribution in [1.29, 1.82) is 0 Å². The van der Waals surface area contributed by atoms with Crippen LogP contribution in [0.5, 0.6) is 0 Å². The Morgan fingerprint density at radius 2 is 1.85 bits per heavy atom. The molecule has 2 aromatic heterocycles. The van der Waals surface area contributed by atoms with Crippen molar-refractivity contribution in [2.45, 2.75) is 57.7 Å². The van der Waals surface area contributed by atoms with E-state index >= 15 is 0 Å². The van der Waals surface area contributed by atoms with Gasteiger partial charge in [-0.2, -0.15) is 13.2 Å². The molecule has 0 unspecified atom stereocenters. The van der Waals surface area contributed by atoms with E-state index in [0.717, 1.165) is 65.4 Å². The quantitative estimate of drug-likeness (QED) is 0.413. The lowest BCUT2D eigenvalue weighted by Crippen LogP contribution is -2.46. The number of amides is 2. The lowest BCUT2D eigenvalue weighted by Gasteiger charge is -2.38. The van der Waals surface area contributed by atoms with E-state index in [-0.39, 0.29) is 23.3 Å². The molecule has 1 aromatic carbocycles. The normalized spacial score (nSPS) is 21.3. The van der Waals surface area contributed by atoms with Gasteiger partial charge in [-0.05, 0) is 82.4 Å². The van der Waals surface area contributed by atoms with Crippen molar-refractivity contribution in [3.8, 4) is 0 Å². The number of piperidine rings is 2. The number of aryl methyl sites for hydroxylation is 1. The average Bonchev–Trinajstić information content (AvgIpc) is 3.32. The highest BCUT2D eigenvalue weighted by Gasteiger charge is 2.36. The van der Waals surface area contributed by atoms with E-state index in [9.17, 15) is 22.8 Å². The summed E-state index contributed by atoms with van der Waals surface area (Å²) in [6, 6.07) is 6.54. The Bertz CT molecular complexity index is 1380. The molecule has 0 spiro atoms. The molecule has 4 heterocycles. The highest BCUT2D eigenvalue weighted by atomic mass is 32.1. The fourth-order valence-electron chi connectivity index (χ4n) is 5.53. The van der Waals surface area contributed by atoms with E-state index in [1.807, 2.05) is 25.1 Å². The number of nitrogens with zero attached hydrogens (tertiary/aromatic N) is 4. The van der Waals surface area contributed by atoms with Crippen molar-refractivity contribution in [2.24, 2.45) is 5.92 Å². The first-order valence-electron chi connectivity index (χ1n) is 13.2. The Morgan fingerprint density at radius 3 is 2.56 bits per heavy atom. The minimum Gasteiger partial charge on any atom is -0.327 e. The molecular weight excluding hydrogens is 527 g/mol. The summed E-state index contributed by atoms with van der Waals surface area (Å²) in [6.45, 7) is 5.76. The molecular formula is C28H32F3N5O2S. The van der Waals surface area contributed by atoms with Gasteiger partial charge in [0, 0.05) is 18.2 Å². The maximum atomic E-state index is 13.3. The van der Waals surface area contributed by atoms with Crippen molar-refractivity contribution in [2.75, 3.05) is 32.0 Å². The zero-order valence-corrected chi connectivity index (χ0v) is 23.0. The largest absolute Gasteiger partial charge is 0.418 e. The van der Waals surface area contributed by atoms with Crippen LogP contribution in [0.3, 0.4) is 0 Å². The maximum Gasteiger partial charge on any atom is 0.418 e. The van der Waals surface area contributed by atoms with Gasteiger partial charge in [-0.1, -0.05) is 13.0 Å². The van der Waals surface area contributed by atoms with E-state index in [1.165, 1.54) is 6.92 Å². The molecule has 39 heavy (non-hydrogen) atoms. The predicted molar refractivity (Wildman–Crippen MR) is 145 cm³/mol. The van der Waals surface area contributed by atoms with Crippen molar-refractivity contribution in [1.82, 2.24) is 19.8 Å². The smallest absolute Gasteiger partial charge is 0.327 e. The second-order valence-corrected chi connectivity index (χ2v) is 11.9. The molecule has 5 rings (SSSR count). The van der Waals surface area contributed by atoms with Crippen LogP contribution in [0.2, 0.25) is 0 Å². The molecule has 2 fully saturated rings. The molecule has 7 nitrogen and oxygen atoms in total. The molecule has 1 N–H and O–H groups in total. The SMILES string of the molecule is Cc1ncc(NC(=O)C(=O)N2C[C@@H](C)CC[C@@H]2c2ccc3sc(C4CCN(C)CC4)nc3c2)cc1C(F)(F)F. The Balaban J connectivity index is 1.36. The predicted octanol–water partition coefficient (Wildman–Crippen LogP) is 5.77. The summed E-state index contributed by atoms with van der Waals surface area (Å²) in [6.07, 6.45) is 0.260. The van der Waals surface area contributed by atoms with Crippen LogP contribution in [0.15, 0.2) is 30.5 Å². The number of carbonyl (C=O) groups is 2. The summed E-state index contributed by atoms with van der Waals surface area (Å²) in [4.78, 5) is 38.8. The average molecular weight is 560 g/mol. The van der Waals surface area contributed by atoms with E-state index in [4.69, 9.17) is 4.98 Å². The van der Waals surface area contributed by atoms with Gasteiger partial charge in [0.2, 0.25) is 0 Å². The zero-order valence-electron chi connectivity index (χ0n) is 22.2. The van der Waals surface area contributed by atoms with Gasteiger partial charge in [-0.15, -0.1) is 11.3 Å². The summed E-state index contributed by atoms with van der Waals surface area (Å²) in [5.41, 5.74) is 0.485. The number of benzene rings is 1. The van der Waals surface area contributed by atoms with Crippen molar-refractivity contribution in [3.63, 3.8) is 0 Å². The molecule has 0 aliphatic carbocycles. The van der Waals surface area contributed by atoms with Crippen molar-refractivity contribution < 1.29 is 22.8 Å². The Kier molecular flexibility index (Phi) is 7.65. The van der Waals surface area contributed by atoms with Gasteiger partial charge in [0.05, 0.1) is 38.7 Å². The molecule has 3 aromatic rings. The minimum absolute atomic E-state index is 0.168. The van der Waals surface area contributed by atoms with Crippen LogP contribution < -0.4 is 5.32 Å². The third-order valence-corrected chi connectivity index (χ3v) is 9.00. The third kappa shape index (κ3) is 5.94. The molecule has 0 radical (unpaired) electrons. The van der Waals surface area contributed by atoms with Gasteiger partial charge in [0.15, 0.2) is 0 Å². The van der Waals surface area contributed by atoms with Crippen LogP contribution in [0.1, 0.15) is 66.4 Å². The molecule has 2 amide bonds. The number of alkyl halides is 3. The highest BCUT2D eigenvalue weighted by molar-refractivity contribution is 7.18. The maximum absolute atomic E-state index is 13.3. The number of likely N-dealkylation sites (tertiary alicyclic amines) is 2. The first-order chi connectivity index (χ1) is 18.5. The number of carbonyl (C=O) groups excluding carboxylic acids is 2. The van der Waals surface area contributed by atoms with Crippen LogP contribution in [0, 0.1) is 12.8 Å². The topological polar surface area (TPSA) is 78.4 Å². The van der Waals surface area contributed by atoms with Crippen LogP contribution in [-0.4, -0.2) is 58.3 Å². The lowest BCUT2D eigenvalue weighted by molar-refractivity contribution is -0.146. The number of thiazole rings is 1. The summed E-state index contributed by atoms with van der Waals surface area (Å²) in [5, 5.41) is 3.47. The molecule has 0 bridgehead atoms. The molecule has 2 saturated heterocycles. The second-order valence-electron chi connectivity index (χ2n) is 10.8. The Hall–Kier alpha value is -3.05. The third-order valence-electron chi connectivity index (χ3n) is 7.80. The summed E-state index contributed by atoms with van der Waals surface area (Å²) in [7, 11) is 2.14. The molecule has 2 aliphatic heterocycles. The zero-order chi connectivity index (χ0) is 27.9. The number of hydrogen-bond donors (Lipinski definition) is 1. The van der Waals surface area contributed by atoms with E-state index in [0.29, 0.717) is 18.9 Å². The monoisotopic (exact) mass is 559 g/mol. The van der Waals surface area contributed by atoms with Crippen LogP contribution in [-0.2, 0) is 15.8 Å². The van der Waals surface area contributed by atoms with E-state index in [2.05, 4.69) is 22.2 Å². The summed E-state index contributed by atoms with van der Waals surface area (Å²) < 4.78 is 41.0. The number of anilines is 1. The van der Waals surface area contributed by atoms with Crippen LogP contribution >= 0.6 is 11.3 Å². The number of nitrogens with one attached hydrogen (secondary N) is 1. The van der Waals surface area contributed by atoms with Crippen LogP contribution in [0.25, 0.3) is 10.2 Å². The van der Waals surface area contributed by atoms with Gasteiger partial charge < -0.3 is 15.1 Å². The first-order valence-corrected chi connectivity index (χ1v) is 14.1. The summed E-state index contributed by atoms with van der Waals surface area (Å²) >= 11 is 1.72. The van der Waals surface area contributed by atoms with Gasteiger partial charge in [-0.25, -0.2) is 4.98 Å². The number of fused-ring (bicyclic) bond motifs is 1. The second kappa shape index (κ2) is 10.8. The fourth-order valence-corrected chi connectivity index (χ4v) is 6.64. The molecule has 208 valence electrons. The standard InChI is InChI=1S/C28H32F3N5O2S/c1-16-4-6-23(19-5-7-24-22(12-19)34-26(39-24)18-8-10-35(3)11-9-18)36(15-16)27(38)25(37)33-20-13-21(28(29,30)31)17(2)32-14-20/h5,7,12-14,16,18,23H,4,6,8-11,15H2,1-3H3,(H,33,37)/t16-,23+/m0/s1. The first kappa shape index (κ1) is 27.5. The number of aromatic nitrogens is 2. The summed E-state index contributed by atoms with van der Waals surface area (Å²) in [5.74, 6) is -1.11. The minimum atomic E-state index is -4.61. The van der Waals surface area contributed by atoms with Crippen molar-refractivity contribution in [3.05, 3.63) is 52.3 Å².